The fourth-order valence-corrected chi connectivity index (χ4v) is 6.01. The third kappa shape index (κ3) is 6.74. The van der Waals surface area contributed by atoms with Crippen LogP contribution in [0, 0.1) is 18.6 Å². The number of carbonyl (C=O) groups is 2. The Labute approximate surface area is 265 Å². The van der Waals surface area contributed by atoms with E-state index in [9.17, 15) is 31.5 Å². The molecule has 2 aromatic heterocycles. The van der Waals surface area contributed by atoms with Crippen molar-refractivity contribution in [2.45, 2.75) is 44.7 Å². The van der Waals surface area contributed by atoms with Gasteiger partial charge in [0.25, 0.3) is 0 Å². The molecular formula is C34H29F6N5O2. The van der Waals surface area contributed by atoms with Gasteiger partial charge in [-0.05, 0) is 67.4 Å². The number of carbonyl (C=O) groups excluding carboxylic acids is 2. The summed E-state index contributed by atoms with van der Waals surface area (Å²) in [5.41, 5.74) is 1.94. The standard InChI is InChI=1S/C34H29F6N5O2/c1-19-24(15-22-8-6-20-4-2-3-5-29(20)41-22)25-14-21(35)7-11-31(25)45(19)18-32(46)43-30-12-13-44(17-28(30)37)33(47)42-23-9-10-27(36)26(16-23)34(38,39)40/h2-11,14,16,28,30H,12-13,15,17-18H2,1H3,(H,42,47)(H,43,46). The van der Waals surface area contributed by atoms with Gasteiger partial charge in [-0.3, -0.25) is 9.78 Å². The van der Waals surface area contributed by atoms with Crippen molar-refractivity contribution in [1.29, 1.82) is 0 Å². The van der Waals surface area contributed by atoms with Gasteiger partial charge < -0.3 is 20.1 Å². The third-order valence-electron chi connectivity index (χ3n) is 8.43. The zero-order chi connectivity index (χ0) is 33.5. The number of fused-ring (bicyclic) bond motifs is 2. The number of amides is 3. The van der Waals surface area contributed by atoms with Crippen molar-refractivity contribution in [3.63, 3.8) is 0 Å². The molecule has 2 atom stereocenters. The molecule has 244 valence electrons. The molecule has 13 heteroatoms. The molecule has 0 aliphatic carbocycles. The number of aromatic nitrogens is 2. The number of likely N-dealkylation sites (tertiary alicyclic amines) is 1. The Bertz CT molecular complexity index is 1990. The van der Waals surface area contributed by atoms with Crippen LogP contribution in [-0.2, 0) is 23.9 Å². The van der Waals surface area contributed by atoms with Gasteiger partial charge in [-0.15, -0.1) is 0 Å². The number of pyridine rings is 1. The maximum Gasteiger partial charge on any atom is 0.419 e. The molecule has 6 rings (SSSR count). The first-order chi connectivity index (χ1) is 22.4. The summed E-state index contributed by atoms with van der Waals surface area (Å²) in [5.74, 6) is -2.39. The van der Waals surface area contributed by atoms with Gasteiger partial charge in [-0.1, -0.05) is 24.3 Å². The summed E-state index contributed by atoms with van der Waals surface area (Å²) in [6.45, 7) is 1.25. The molecule has 0 spiro atoms. The first-order valence-corrected chi connectivity index (χ1v) is 14.9. The van der Waals surface area contributed by atoms with E-state index in [1.165, 1.54) is 12.1 Å². The summed E-state index contributed by atoms with van der Waals surface area (Å²) < 4.78 is 84.1. The number of halogens is 6. The minimum atomic E-state index is -4.96. The lowest BCUT2D eigenvalue weighted by Crippen LogP contribution is -2.54. The molecule has 0 bridgehead atoms. The van der Waals surface area contributed by atoms with Crippen LogP contribution in [0.25, 0.3) is 21.8 Å². The second-order valence-electron chi connectivity index (χ2n) is 11.5. The van der Waals surface area contributed by atoms with Gasteiger partial charge in [0, 0.05) is 46.3 Å². The average molecular weight is 654 g/mol. The Morgan fingerprint density at radius 1 is 1.00 bits per heavy atom. The number of rotatable bonds is 6. The molecule has 1 aliphatic rings. The minimum Gasteiger partial charge on any atom is -0.349 e. The van der Waals surface area contributed by atoms with E-state index in [1.807, 2.05) is 43.3 Å². The Morgan fingerprint density at radius 2 is 1.79 bits per heavy atom. The zero-order valence-corrected chi connectivity index (χ0v) is 25.0. The van der Waals surface area contributed by atoms with Crippen molar-refractivity contribution in [3.8, 4) is 0 Å². The van der Waals surface area contributed by atoms with Crippen molar-refractivity contribution in [2.24, 2.45) is 0 Å². The summed E-state index contributed by atoms with van der Waals surface area (Å²) in [5, 5.41) is 6.56. The molecular weight excluding hydrogens is 624 g/mol. The van der Waals surface area contributed by atoms with Gasteiger partial charge in [0.1, 0.15) is 24.4 Å². The van der Waals surface area contributed by atoms with Gasteiger partial charge in [0.2, 0.25) is 5.91 Å². The molecule has 3 heterocycles. The number of para-hydroxylation sites is 1. The Kier molecular flexibility index (Phi) is 8.56. The predicted molar refractivity (Wildman–Crippen MR) is 165 cm³/mol. The number of piperidine rings is 1. The maximum absolute atomic E-state index is 15.2. The van der Waals surface area contributed by atoms with Crippen molar-refractivity contribution >= 4 is 39.4 Å². The van der Waals surface area contributed by atoms with E-state index < -0.39 is 54.1 Å². The number of nitrogens with one attached hydrogen (secondary N) is 2. The predicted octanol–water partition coefficient (Wildman–Crippen LogP) is 7.15. The van der Waals surface area contributed by atoms with Crippen LogP contribution in [0.4, 0.5) is 36.8 Å². The first-order valence-electron chi connectivity index (χ1n) is 14.9. The Hall–Kier alpha value is -5.07. The molecule has 2 unspecified atom stereocenters. The van der Waals surface area contributed by atoms with E-state index >= 15 is 4.39 Å². The topological polar surface area (TPSA) is 79.3 Å². The summed E-state index contributed by atoms with van der Waals surface area (Å²) in [6.07, 6.45) is -6.17. The minimum absolute atomic E-state index is 0.0121. The third-order valence-corrected chi connectivity index (χ3v) is 8.43. The molecule has 1 fully saturated rings. The van der Waals surface area contributed by atoms with E-state index in [-0.39, 0.29) is 25.2 Å². The van der Waals surface area contributed by atoms with Gasteiger partial charge in [0.15, 0.2) is 0 Å². The Balaban J connectivity index is 1.12. The largest absolute Gasteiger partial charge is 0.419 e. The van der Waals surface area contributed by atoms with Crippen LogP contribution in [0.1, 0.15) is 28.9 Å². The Morgan fingerprint density at radius 3 is 2.55 bits per heavy atom. The molecule has 3 aromatic carbocycles. The zero-order valence-electron chi connectivity index (χ0n) is 25.0. The number of hydrogen-bond acceptors (Lipinski definition) is 3. The monoisotopic (exact) mass is 653 g/mol. The number of hydrogen-bond donors (Lipinski definition) is 2. The summed E-state index contributed by atoms with van der Waals surface area (Å²) in [7, 11) is 0. The number of anilines is 1. The lowest BCUT2D eigenvalue weighted by molar-refractivity contribution is -0.140. The van der Waals surface area contributed by atoms with E-state index in [0.29, 0.717) is 29.5 Å². The molecule has 47 heavy (non-hydrogen) atoms. The fraction of sp³-hybridized carbons (Fsp3) is 0.265. The molecule has 1 aliphatic heterocycles. The molecule has 0 saturated carbocycles. The number of nitrogens with zero attached hydrogens (tertiary/aromatic N) is 3. The van der Waals surface area contributed by atoms with E-state index in [4.69, 9.17) is 4.98 Å². The lowest BCUT2D eigenvalue weighted by Gasteiger charge is -2.35. The highest BCUT2D eigenvalue weighted by molar-refractivity contribution is 5.90. The number of urea groups is 1. The molecule has 3 amide bonds. The first kappa shape index (κ1) is 31.9. The van der Waals surface area contributed by atoms with Gasteiger partial charge in [-0.25, -0.2) is 18.0 Å². The SMILES string of the molecule is Cc1c(Cc2ccc3ccccc3n2)c2cc(F)ccc2n1CC(=O)NC1CCN(C(=O)Nc2ccc(F)c(C(F)(F)F)c2)CC1F. The van der Waals surface area contributed by atoms with Gasteiger partial charge in [0.05, 0.1) is 23.7 Å². The smallest absolute Gasteiger partial charge is 0.349 e. The van der Waals surface area contributed by atoms with E-state index in [1.54, 1.807) is 10.6 Å². The highest BCUT2D eigenvalue weighted by Crippen LogP contribution is 2.33. The van der Waals surface area contributed by atoms with Crippen molar-refractivity contribution < 1.29 is 35.9 Å². The van der Waals surface area contributed by atoms with Crippen molar-refractivity contribution in [2.75, 3.05) is 18.4 Å². The second kappa shape index (κ2) is 12.6. The molecule has 2 N–H and O–H groups in total. The normalized spacial score (nSPS) is 16.9. The van der Waals surface area contributed by atoms with Gasteiger partial charge in [-0.2, -0.15) is 13.2 Å². The van der Waals surface area contributed by atoms with Crippen LogP contribution in [0.5, 0.6) is 0 Å². The van der Waals surface area contributed by atoms with Crippen LogP contribution < -0.4 is 10.6 Å². The summed E-state index contributed by atoms with van der Waals surface area (Å²) >= 11 is 0. The molecule has 5 aromatic rings. The number of benzene rings is 3. The lowest BCUT2D eigenvalue weighted by atomic mass is 10.0. The maximum atomic E-state index is 15.2. The number of alkyl halides is 4. The molecule has 0 radical (unpaired) electrons. The van der Waals surface area contributed by atoms with Crippen LogP contribution in [0.2, 0.25) is 0 Å². The average Bonchev–Trinajstić information content (AvgIpc) is 3.27. The molecule has 1 saturated heterocycles. The van der Waals surface area contributed by atoms with E-state index in [0.717, 1.165) is 38.8 Å². The quantitative estimate of drug-likeness (QED) is 0.191. The highest BCUT2D eigenvalue weighted by Gasteiger charge is 2.35. The summed E-state index contributed by atoms with van der Waals surface area (Å²) in [4.78, 5) is 31.7. The van der Waals surface area contributed by atoms with Crippen LogP contribution in [0.3, 0.4) is 0 Å². The van der Waals surface area contributed by atoms with Gasteiger partial charge >= 0.3 is 12.2 Å². The van der Waals surface area contributed by atoms with Crippen LogP contribution in [-0.4, -0.2) is 51.7 Å². The summed E-state index contributed by atoms with van der Waals surface area (Å²) in [6, 6.07) is 16.2. The van der Waals surface area contributed by atoms with Crippen LogP contribution in [0.15, 0.2) is 72.8 Å². The van der Waals surface area contributed by atoms with Crippen molar-refractivity contribution in [1.82, 2.24) is 19.8 Å². The molecule has 7 nitrogen and oxygen atoms in total. The van der Waals surface area contributed by atoms with E-state index in [2.05, 4.69) is 10.6 Å². The highest BCUT2D eigenvalue weighted by atomic mass is 19.4. The van der Waals surface area contributed by atoms with Crippen molar-refractivity contribution in [3.05, 3.63) is 107 Å². The second-order valence-corrected chi connectivity index (χ2v) is 11.5. The van der Waals surface area contributed by atoms with Crippen LogP contribution >= 0.6 is 0 Å². The fourth-order valence-electron chi connectivity index (χ4n) is 6.01.